The maximum atomic E-state index is 13.2. The van der Waals surface area contributed by atoms with Crippen LogP contribution in [0.2, 0.25) is 0 Å². The van der Waals surface area contributed by atoms with Crippen LogP contribution in [-0.2, 0) is 36.6 Å². The van der Waals surface area contributed by atoms with Crippen molar-refractivity contribution in [2.45, 2.75) is 71.1 Å². The van der Waals surface area contributed by atoms with Crippen molar-refractivity contribution >= 4 is 11.8 Å². The summed E-state index contributed by atoms with van der Waals surface area (Å²) in [6.07, 6.45) is -0.266. The van der Waals surface area contributed by atoms with Crippen LogP contribution in [0.15, 0.2) is 36.4 Å². The van der Waals surface area contributed by atoms with Crippen LogP contribution < -0.4 is 10.6 Å². The van der Waals surface area contributed by atoms with Crippen molar-refractivity contribution in [3.63, 3.8) is 0 Å². The number of nitrogens with zero attached hydrogens (tertiary/aromatic N) is 1. The van der Waals surface area contributed by atoms with Gasteiger partial charge in [0.05, 0.1) is 5.56 Å². The van der Waals surface area contributed by atoms with Crippen LogP contribution in [0.25, 0.3) is 0 Å². The van der Waals surface area contributed by atoms with Gasteiger partial charge in [-0.15, -0.1) is 0 Å². The number of anilines is 1. The summed E-state index contributed by atoms with van der Waals surface area (Å²) < 4.78 is 44.9. The lowest BCUT2D eigenvalue weighted by Crippen LogP contribution is -2.30. The van der Waals surface area contributed by atoms with Gasteiger partial charge in [-0.25, -0.2) is 4.79 Å². The lowest BCUT2D eigenvalue weighted by Gasteiger charge is -2.29. The van der Waals surface area contributed by atoms with Crippen molar-refractivity contribution in [3.05, 3.63) is 64.2 Å². The van der Waals surface area contributed by atoms with Gasteiger partial charge >= 0.3 is 12.3 Å². The molecule has 0 fully saturated rings. The number of fused-ring (bicyclic) bond motifs is 1. The second kappa shape index (κ2) is 10.9. The van der Waals surface area contributed by atoms with Gasteiger partial charge in [-0.3, -0.25) is 0 Å². The van der Waals surface area contributed by atoms with Crippen molar-refractivity contribution in [2.24, 2.45) is 5.73 Å². The van der Waals surface area contributed by atoms with Crippen LogP contribution in [0.5, 0.6) is 0 Å². The van der Waals surface area contributed by atoms with Crippen LogP contribution in [0.4, 0.5) is 23.7 Å². The number of halogens is 3. The van der Waals surface area contributed by atoms with Gasteiger partial charge in [-0.1, -0.05) is 38.1 Å². The molecule has 0 saturated heterocycles. The first-order chi connectivity index (χ1) is 15.7. The van der Waals surface area contributed by atoms with Crippen molar-refractivity contribution in [2.75, 3.05) is 18.0 Å². The van der Waals surface area contributed by atoms with Gasteiger partial charge in [0.25, 0.3) is 0 Å². The maximum Gasteiger partial charge on any atom is 0.416 e. The van der Waals surface area contributed by atoms with E-state index in [1.807, 2.05) is 0 Å². The molecule has 1 unspecified atom stereocenters. The predicted molar refractivity (Wildman–Crippen MR) is 125 cm³/mol. The monoisotopic (exact) mass is 462 g/mol. The summed E-state index contributed by atoms with van der Waals surface area (Å²) in [7, 11) is 0. The van der Waals surface area contributed by atoms with E-state index in [0.717, 1.165) is 68.6 Å². The molecule has 0 bridgehead atoms. The lowest BCUT2D eigenvalue weighted by atomic mass is 9.95. The number of amides is 1. The molecule has 33 heavy (non-hydrogen) atoms. The molecule has 1 aliphatic carbocycles. The first-order valence-electron chi connectivity index (χ1n) is 11.7. The minimum atomic E-state index is -4.43. The number of hydrogen-bond donors (Lipinski definition) is 1. The van der Waals surface area contributed by atoms with E-state index >= 15 is 0 Å². The molecule has 0 aliphatic heterocycles. The van der Waals surface area contributed by atoms with Crippen LogP contribution in [0, 0.1) is 0 Å². The summed E-state index contributed by atoms with van der Waals surface area (Å²) in [6, 6.07) is 9.61. The number of aryl methyl sites for hydroxylation is 2. The Bertz CT molecular complexity index is 953. The largest absolute Gasteiger partial charge is 0.446 e. The topological polar surface area (TPSA) is 55.6 Å². The van der Waals surface area contributed by atoms with Gasteiger partial charge in [0.2, 0.25) is 0 Å². The van der Waals surface area contributed by atoms with Crippen molar-refractivity contribution in [1.82, 2.24) is 0 Å². The van der Waals surface area contributed by atoms with E-state index < -0.39 is 23.9 Å². The average molecular weight is 463 g/mol. The Morgan fingerprint density at radius 2 is 1.73 bits per heavy atom. The van der Waals surface area contributed by atoms with Gasteiger partial charge in [0, 0.05) is 31.6 Å². The molecule has 0 heterocycles. The number of carbonyl (C=O) groups excluding carboxylic acids is 1. The van der Waals surface area contributed by atoms with E-state index in [2.05, 4.69) is 30.9 Å². The highest BCUT2D eigenvalue weighted by Crippen LogP contribution is 2.33. The Morgan fingerprint density at radius 3 is 2.33 bits per heavy atom. The van der Waals surface area contributed by atoms with Gasteiger partial charge < -0.3 is 15.4 Å². The Hall–Kier alpha value is -2.70. The van der Waals surface area contributed by atoms with Gasteiger partial charge in [0.1, 0.15) is 6.10 Å². The fourth-order valence-corrected chi connectivity index (χ4v) is 4.72. The van der Waals surface area contributed by atoms with Crippen molar-refractivity contribution in [1.29, 1.82) is 0 Å². The zero-order chi connectivity index (χ0) is 24.0. The molecule has 0 aromatic heterocycles. The summed E-state index contributed by atoms with van der Waals surface area (Å²) >= 11 is 0. The molecule has 180 valence electrons. The molecular formula is C26H33F3N2O2. The number of benzene rings is 2. The zero-order valence-electron chi connectivity index (χ0n) is 19.4. The third kappa shape index (κ3) is 6.65. The van der Waals surface area contributed by atoms with Crippen LogP contribution in [-0.4, -0.2) is 25.3 Å². The second-order valence-corrected chi connectivity index (χ2v) is 8.76. The molecule has 1 amide bonds. The summed E-state index contributed by atoms with van der Waals surface area (Å²) in [6.45, 7) is 6.11. The van der Waals surface area contributed by atoms with Crippen LogP contribution >= 0.6 is 0 Å². The molecule has 2 aromatic rings. The lowest BCUT2D eigenvalue weighted by molar-refractivity contribution is -0.137. The summed E-state index contributed by atoms with van der Waals surface area (Å²) in [4.78, 5) is 14.0. The quantitative estimate of drug-likeness (QED) is 0.466. The molecule has 0 radical (unpaired) electrons. The van der Waals surface area contributed by atoms with E-state index in [-0.39, 0.29) is 6.42 Å². The highest BCUT2D eigenvalue weighted by molar-refractivity contribution is 5.65. The maximum absolute atomic E-state index is 13.2. The summed E-state index contributed by atoms with van der Waals surface area (Å²) in [5.41, 5.74) is 9.91. The summed E-state index contributed by atoms with van der Waals surface area (Å²) in [5.74, 6) is 0. The molecule has 1 atom stereocenters. The number of hydrogen-bond acceptors (Lipinski definition) is 3. The second-order valence-electron chi connectivity index (χ2n) is 8.76. The Kier molecular flexibility index (Phi) is 8.27. The standard InChI is InChI=1S/C26H33F3N2O2/c1-3-11-31(12-4-2)24-17-20-9-6-8-19(20)15-21(24)16-23(33-25(30)32)14-18-7-5-10-22(13-18)26(27,28)29/h5,7,10,13,15,17,23H,3-4,6,8-9,11-12,14,16H2,1-2H3,(H2,30,32). The number of nitrogens with two attached hydrogens (primary N) is 1. The molecule has 1 aliphatic rings. The highest BCUT2D eigenvalue weighted by atomic mass is 19.4. The number of alkyl halides is 3. The Labute approximate surface area is 193 Å². The smallest absolute Gasteiger partial charge is 0.416 e. The van der Waals surface area contributed by atoms with E-state index in [1.54, 1.807) is 6.07 Å². The van der Waals surface area contributed by atoms with E-state index in [1.165, 1.54) is 17.2 Å². The molecule has 3 rings (SSSR count). The fourth-order valence-electron chi connectivity index (χ4n) is 4.72. The number of primary amides is 1. The van der Waals surface area contributed by atoms with Crippen LogP contribution in [0.3, 0.4) is 0 Å². The number of rotatable bonds is 10. The molecular weight excluding hydrogens is 429 g/mol. The van der Waals surface area contributed by atoms with Crippen molar-refractivity contribution in [3.8, 4) is 0 Å². The highest BCUT2D eigenvalue weighted by Gasteiger charge is 2.31. The molecule has 0 saturated carbocycles. The first-order valence-corrected chi connectivity index (χ1v) is 11.7. The third-order valence-corrected chi connectivity index (χ3v) is 6.07. The third-order valence-electron chi connectivity index (χ3n) is 6.07. The predicted octanol–water partition coefficient (Wildman–Crippen LogP) is 6.07. The molecule has 4 nitrogen and oxygen atoms in total. The minimum Gasteiger partial charge on any atom is -0.446 e. The SMILES string of the molecule is CCCN(CCC)c1cc2c(cc1CC(Cc1cccc(C(F)(F)F)c1)OC(N)=O)CCC2. The van der Waals surface area contributed by atoms with Gasteiger partial charge in [0.15, 0.2) is 0 Å². The average Bonchev–Trinajstić information content (AvgIpc) is 3.19. The molecule has 2 aromatic carbocycles. The zero-order valence-corrected chi connectivity index (χ0v) is 19.4. The molecule has 7 heteroatoms. The molecule has 2 N–H and O–H groups in total. The summed E-state index contributed by atoms with van der Waals surface area (Å²) in [5, 5.41) is 0. The minimum absolute atomic E-state index is 0.158. The fraction of sp³-hybridized carbons (Fsp3) is 0.500. The van der Waals surface area contributed by atoms with Gasteiger partial charge in [-0.05, 0) is 66.5 Å². The molecule has 0 spiro atoms. The van der Waals surface area contributed by atoms with Crippen LogP contribution in [0.1, 0.15) is 60.9 Å². The van der Waals surface area contributed by atoms with Crippen molar-refractivity contribution < 1.29 is 22.7 Å². The van der Waals surface area contributed by atoms with E-state index in [4.69, 9.17) is 10.5 Å². The normalized spacial score (nSPS) is 14.1. The number of carbonyl (C=O) groups is 1. The van der Waals surface area contributed by atoms with Gasteiger partial charge in [-0.2, -0.15) is 13.2 Å². The van der Waals surface area contributed by atoms with E-state index in [9.17, 15) is 18.0 Å². The number of ether oxygens (including phenoxy) is 1. The Balaban J connectivity index is 1.93. The van der Waals surface area contributed by atoms with E-state index in [0.29, 0.717) is 12.0 Å². The Morgan fingerprint density at radius 1 is 1.06 bits per heavy atom. The first kappa shape index (κ1) is 24.9.